The number of hydrogen-bond donors (Lipinski definition) is 2. The fourth-order valence-electron chi connectivity index (χ4n) is 1.31. The maximum absolute atomic E-state index is 3.33. The van der Waals surface area contributed by atoms with Crippen LogP contribution < -0.4 is 10.6 Å². The molecule has 8 heteroatoms. The van der Waals surface area contributed by atoms with Gasteiger partial charge in [-0.25, -0.2) is 0 Å². The molecule has 0 spiro atoms. The molecule has 0 atom stereocenters. The van der Waals surface area contributed by atoms with Gasteiger partial charge in [-0.1, -0.05) is 0 Å². The lowest BCUT2D eigenvalue weighted by molar-refractivity contribution is 0.737. The Morgan fingerprint density at radius 1 is 0.786 bits per heavy atom. The van der Waals surface area contributed by atoms with Crippen molar-refractivity contribution in [1.82, 2.24) is 10.6 Å². The normalized spacial score (nSPS) is 15.0. The van der Waals surface area contributed by atoms with E-state index < -0.39 is 0 Å². The van der Waals surface area contributed by atoms with Gasteiger partial charge in [0, 0.05) is 0 Å². The summed E-state index contributed by atoms with van der Waals surface area (Å²) in [5, 5.41) is 6.80. The molecule has 14 heavy (non-hydrogen) atoms. The van der Waals surface area contributed by atoms with Gasteiger partial charge in [-0.05, 0) is 24.8 Å². The molecule has 0 aromatic rings. The second-order valence-corrected chi connectivity index (χ2v) is 5.00. The first-order chi connectivity index (χ1) is 6.19. The van der Waals surface area contributed by atoms with Crippen LogP contribution in [0.25, 0.3) is 0 Å². The summed E-state index contributed by atoms with van der Waals surface area (Å²) in [4.78, 5) is 0. The molecule has 0 aliphatic carbocycles. The van der Waals surface area contributed by atoms with Crippen LogP contribution in [0.3, 0.4) is 0 Å². The van der Waals surface area contributed by atoms with Crippen molar-refractivity contribution in [1.29, 1.82) is 0 Å². The van der Waals surface area contributed by atoms with Crippen LogP contribution in [0.1, 0.15) is 0 Å². The molecule has 0 aromatic heterocycles. The van der Waals surface area contributed by atoms with Gasteiger partial charge in [0.1, 0.15) is 47.1 Å². The first-order valence-corrected chi connectivity index (χ1v) is 5.25. The third-order valence-corrected chi connectivity index (χ3v) is 3.69. The van der Waals surface area contributed by atoms with Gasteiger partial charge < -0.3 is 10.6 Å². The Kier molecular flexibility index (Phi) is 4.73. The lowest BCUT2D eigenvalue weighted by Gasteiger charge is -2.35. The van der Waals surface area contributed by atoms with Gasteiger partial charge >= 0.3 is 0 Å². The molecule has 0 aromatic carbocycles. The number of nitrogens with one attached hydrogen (secondary N) is 2. The Morgan fingerprint density at radius 2 is 1.00 bits per heavy atom. The highest BCUT2D eigenvalue weighted by Gasteiger charge is 2.25. The van der Waals surface area contributed by atoms with E-state index in [2.05, 4.69) is 57.7 Å². The predicted molar refractivity (Wildman–Crippen MR) is 81.9 cm³/mol. The van der Waals surface area contributed by atoms with Crippen molar-refractivity contribution >= 4 is 47.1 Å². The van der Waals surface area contributed by atoms with Crippen molar-refractivity contribution in [2.24, 2.45) is 0 Å². The van der Waals surface area contributed by atoms with E-state index in [4.69, 9.17) is 0 Å². The lowest BCUT2D eigenvalue weighted by atomic mass is 9.44. The standard InChI is InChI=1S/C6H20B6N2/c1-13-5(9,10)3(7)4(8)6(11,12)14-2/h13-14H,7-12H2,1-2H3/b4-3+. The van der Waals surface area contributed by atoms with Crippen molar-refractivity contribution in [3.8, 4) is 0 Å². The average Bonchev–Trinajstić information content (AvgIpc) is 2.15. The molecule has 0 bridgehead atoms. The minimum atomic E-state index is 0.0677. The zero-order valence-corrected chi connectivity index (χ0v) is 11.0. The molecule has 0 saturated heterocycles. The first kappa shape index (κ1) is 14.0. The molecular weight excluding hydrogens is 165 g/mol. The Labute approximate surface area is 93.9 Å². The van der Waals surface area contributed by atoms with E-state index in [9.17, 15) is 0 Å². The van der Waals surface area contributed by atoms with E-state index in [1.807, 2.05) is 14.1 Å². The van der Waals surface area contributed by atoms with E-state index in [0.29, 0.717) is 0 Å². The van der Waals surface area contributed by atoms with E-state index in [-0.39, 0.29) is 10.7 Å². The van der Waals surface area contributed by atoms with Crippen LogP contribution in [-0.4, -0.2) is 71.8 Å². The minimum absolute atomic E-state index is 0.0677. The quantitative estimate of drug-likeness (QED) is 0.426. The zero-order valence-electron chi connectivity index (χ0n) is 11.0. The molecule has 0 saturated carbocycles. The third-order valence-electron chi connectivity index (χ3n) is 3.69. The highest BCUT2D eigenvalue weighted by Crippen LogP contribution is 2.15. The molecule has 2 nitrogen and oxygen atoms in total. The van der Waals surface area contributed by atoms with Gasteiger partial charge in [0.25, 0.3) is 0 Å². The second kappa shape index (κ2) is 4.71. The van der Waals surface area contributed by atoms with Gasteiger partial charge in [0.2, 0.25) is 0 Å². The number of rotatable bonds is 4. The van der Waals surface area contributed by atoms with Gasteiger partial charge in [-0.3, -0.25) is 0 Å². The molecule has 72 valence electrons. The molecule has 0 rings (SSSR count). The van der Waals surface area contributed by atoms with Crippen molar-refractivity contribution in [2.45, 2.75) is 10.7 Å². The van der Waals surface area contributed by atoms with Gasteiger partial charge in [0.15, 0.2) is 0 Å². The molecule has 0 amide bonds. The summed E-state index contributed by atoms with van der Waals surface area (Å²) in [6.45, 7) is 0. The van der Waals surface area contributed by atoms with Crippen LogP contribution in [0, 0.1) is 0 Å². The van der Waals surface area contributed by atoms with E-state index in [1.54, 1.807) is 0 Å². The highest BCUT2D eigenvalue weighted by molar-refractivity contribution is 6.54. The van der Waals surface area contributed by atoms with Gasteiger partial charge in [-0.15, -0.1) is 10.9 Å². The topological polar surface area (TPSA) is 24.1 Å². The monoisotopic (exact) mass is 186 g/mol. The maximum atomic E-state index is 3.33. The SMILES string of the molecule is B/C(=C(/B)C(B)(B)NC)C(B)(B)NC. The van der Waals surface area contributed by atoms with E-state index >= 15 is 0 Å². The summed E-state index contributed by atoms with van der Waals surface area (Å²) >= 11 is 0. The van der Waals surface area contributed by atoms with E-state index in [1.165, 1.54) is 10.9 Å². The maximum Gasteiger partial charge on any atom is 0.133 e. The summed E-state index contributed by atoms with van der Waals surface area (Å²) in [5.41, 5.74) is 2.80. The molecule has 2 N–H and O–H groups in total. The minimum Gasteiger partial charge on any atom is -0.327 e. The molecular formula is C6H20B6N2. The molecule has 0 aliphatic heterocycles. The van der Waals surface area contributed by atoms with Crippen LogP contribution in [0.2, 0.25) is 0 Å². The Morgan fingerprint density at radius 3 is 1.14 bits per heavy atom. The van der Waals surface area contributed by atoms with Crippen molar-refractivity contribution < 1.29 is 0 Å². The highest BCUT2D eigenvalue weighted by atomic mass is 14.9. The molecule has 0 heterocycles. The fourth-order valence-corrected chi connectivity index (χ4v) is 1.31. The summed E-state index contributed by atoms with van der Waals surface area (Å²) in [6, 6.07) is 0. The van der Waals surface area contributed by atoms with Crippen LogP contribution in [0.5, 0.6) is 0 Å². The molecule has 0 aliphatic rings. The average molecular weight is 185 g/mol. The zero-order chi connectivity index (χ0) is 11.6. The largest absolute Gasteiger partial charge is 0.327 e. The summed E-state index contributed by atoms with van der Waals surface area (Å²) in [7, 11) is 17.2. The van der Waals surface area contributed by atoms with Crippen molar-refractivity contribution in [2.75, 3.05) is 14.1 Å². The fraction of sp³-hybridized carbons (Fsp3) is 0.667. The molecule has 0 radical (unpaired) electrons. The number of hydrogen-bond acceptors (Lipinski definition) is 2. The summed E-state index contributed by atoms with van der Waals surface area (Å²) < 4.78 is 0. The van der Waals surface area contributed by atoms with Gasteiger partial charge in [0.05, 0.1) is 0 Å². The van der Waals surface area contributed by atoms with Gasteiger partial charge in [-0.2, -0.15) is 0 Å². The Hall–Kier alpha value is 0.0496. The molecule has 0 fully saturated rings. The predicted octanol–water partition coefficient (Wildman–Crippen LogP) is -6.26. The summed E-state index contributed by atoms with van der Waals surface area (Å²) in [5.74, 6) is 0. The first-order valence-electron chi connectivity index (χ1n) is 5.25. The smallest absolute Gasteiger partial charge is 0.133 e. The Bertz CT molecular complexity index is 212. The Balaban J connectivity index is 5.12. The van der Waals surface area contributed by atoms with Crippen LogP contribution in [0.4, 0.5) is 0 Å². The third kappa shape index (κ3) is 3.03. The van der Waals surface area contributed by atoms with Crippen molar-refractivity contribution in [3.63, 3.8) is 0 Å². The number of likely N-dealkylation sites (N-methyl/N-ethyl adjacent to an activating group) is 2. The van der Waals surface area contributed by atoms with Crippen molar-refractivity contribution in [3.05, 3.63) is 10.9 Å². The van der Waals surface area contributed by atoms with Crippen LogP contribution in [-0.2, 0) is 0 Å². The van der Waals surface area contributed by atoms with Crippen LogP contribution >= 0.6 is 0 Å². The van der Waals surface area contributed by atoms with E-state index in [0.717, 1.165) is 0 Å². The lowest BCUT2D eigenvalue weighted by Crippen LogP contribution is -2.52. The second-order valence-electron chi connectivity index (χ2n) is 5.00. The van der Waals surface area contributed by atoms with Crippen LogP contribution in [0.15, 0.2) is 10.9 Å². The molecule has 0 unspecified atom stereocenters. The summed E-state index contributed by atoms with van der Waals surface area (Å²) in [6.07, 6.45) is 0.